The standard InChI is InChI=1S/C18H13Cl2O4P/c19-15-9-3-1-6-12(15)13-8-5-11-17(24-25(21,22)23)18(13)14-7-2-4-10-16(14)20/h1-11H,(H2,21,22,23). The summed E-state index contributed by atoms with van der Waals surface area (Å²) in [5.74, 6) is 0.0267. The second-order valence-electron chi connectivity index (χ2n) is 5.22. The normalized spacial score (nSPS) is 11.4. The summed E-state index contributed by atoms with van der Waals surface area (Å²) in [6.45, 7) is 0. The highest BCUT2D eigenvalue weighted by atomic mass is 35.5. The third-order valence-corrected chi connectivity index (χ3v) is 4.64. The summed E-state index contributed by atoms with van der Waals surface area (Å²) in [5, 5.41) is 0.932. The number of halogens is 2. The molecule has 0 saturated heterocycles. The highest BCUT2D eigenvalue weighted by Crippen LogP contribution is 2.48. The van der Waals surface area contributed by atoms with Crippen LogP contribution in [0.4, 0.5) is 0 Å². The number of phosphoric ester groups is 1. The second kappa shape index (κ2) is 7.20. The van der Waals surface area contributed by atoms with Crippen LogP contribution in [0.5, 0.6) is 5.75 Å². The predicted molar refractivity (Wildman–Crippen MR) is 100 cm³/mol. The summed E-state index contributed by atoms with van der Waals surface area (Å²) in [7, 11) is -4.75. The van der Waals surface area contributed by atoms with E-state index in [9.17, 15) is 14.4 Å². The van der Waals surface area contributed by atoms with E-state index in [-0.39, 0.29) is 5.75 Å². The lowest BCUT2D eigenvalue weighted by Crippen LogP contribution is -1.95. The number of rotatable bonds is 4. The molecular weight excluding hydrogens is 382 g/mol. The fraction of sp³-hybridized carbons (Fsp3) is 0. The molecule has 0 aliphatic rings. The monoisotopic (exact) mass is 394 g/mol. The molecule has 0 unspecified atom stereocenters. The lowest BCUT2D eigenvalue weighted by atomic mass is 9.93. The van der Waals surface area contributed by atoms with Gasteiger partial charge in [0.15, 0.2) is 0 Å². The molecule has 25 heavy (non-hydrogen) atoms. The van der Waals surface area contributed by atoms with Crippen molar-refractivity contribution in [2.75, 3.05) is 0 Å². The molecule has 7 heteroatoms. The Kier molecular flexibility index (Phi) is 5.19. The van der Waals surface area contributed by atoms with E-state index in [1.807, 2.05) is 12.1 Å². The van der Waals surface area contributed by atoms with E-state index in [4.69, 9.17) is 27.7 Å². The Morgan fingerprint density at radius 1 is 0.720 bits per heavy atom. The van der Waals surface area contributed by atoms with Gasteiger partial charge >= 0.3 is 7.82 Å². The smallest absolute Gasteiger partial charge is 0.404 e. The number of benzene rings is 3. The van der Waals surface area contributed by atoms with Crippen molar-refractivity contribution < 1.29 is 18.9 Å². The van der Waals surface area contributed by atoms with E-state index in [0.29, 0.717) is 32.3 Å². The molecule has 128 valence electrons. The van der Waals surface area contributed by atoms with Crippen LogP contribution >= 0.6 is 31.0 Å². The number of hydrogen-bond donors (Lipinski definition) is 2. The third-order valence-electron chi connectivity index (χ3n) is 3.55. The van der Waals surface area contributed by atoms with Gasteiger partial charge in [-0.2, -0.15) is 0 Å². The van der Waals surface area contributed by atoms with Crippen molar-refractivity contribution >= 4 is 31.0 Å². The van der Waals surface area contributed by atoms with Gasteiger partial charge in [0.05, 0.1) is 0 Å². The molecule has 3 rings (SSSR count). The largest absolute Gasteiger partial charge is 0.524 e. The zero-order valence-electron chi connectivity index (χ0n) is 12.8. The lowest BCUT2D eigenvalue weighted by Gasteiger charge is -2.18. The van der Waals surface area contributed by atoms with E-state index in [2.05, 4.69) is 0 Å². The van der Waals surface area contributed by atoms with E-state index in [1.165, 1.54) is 6.07 Å². The van der Waals surface area contributed by atoms with Gasteiger partial charge in [-0.15, -0.1) is 0 Å². The average Bonchev–Trinajstić information content (AvgIpc) is 2.55. The Bertz CT molecular complexity index is 969. The SMILES string of the molecule is O=P(O)(O)Oc1cccc(-c2ccccc2Cl)c1-c1ccccc1Cl. The van der Waals surface area contributed by atoms with Crippen LogP contribution in [0.1, 0.15) is 0 Å². The van der Waals surface area contributed by atoms with Crippen LogP contribution in [0, 0.1) is 0 Å². The van der Waals surface area contributed by atoms with E-state index in [0.717, 1.165) is 0 Å². The Morgan fingerprint density at radius 2 is 1.24 bits per heavy atom. The molecule has 0 aliphatic heterocycles. The fourth-order valence-electron chi connectivity index (χ4n) is 2.58. The molecule has 4 nitrogen and oxygen atoms in total. The molecule has 0 aromatic heterocycles. The molecule has 0 bridgehead atoms. The maximum Gasteiger partial charge on any atom is 0.524 e. The summed E-state index contributed by atoms with van der Waals surface area (Å²) < 4.78 is 16.3. The molecule has 0 aliphatic carbocycles. The van der Waals surface area contributed by atoms with E-state index >= 15 is 0 Å². The van der Waals surface area contributed by atoms with Crippen molar-refractivity contribution in [3.05, 3.63) is 76.8 Å². The Morgan fingerprint density at radius 3 is 1.80 bits per heavy atom. The van der Waals surface area contributed by atoms with E-state index in [1.54, 1.807) is 48.5 Å². The maximum absolute atomic E-state index is 11.4. The highest BCUT2D eigenvalue weighted by Gasteiger charge is 2.23. The zero-order chi connectivity index (χ0) is 18.0. The molecule has 3 aromatic carbocycles. The zero-order valence-corrected chi connectivity index (χ0v) is 15.2. The van der Waals surface area contributed by atoms with Crippen LogP contribution < -0.4 is 4.52 Å². The minimum absolute atomic E-state index is 0.0267. The molecule has 0 radical (unpaired) electrons. The Hall–Kier alpha value is -1.81. The maximum atomic E-state index is 11.4. The van der Waals surface area contributed by atoms with Crippen molar-refractivity contribution in [2.45, 2.75) is 0 Å². The fourth-order valence-corrected chi connectivity index (χ4v) is 3.46. The first kappa shape index (κ1) is 18.0. The first-order valence-corrected chi connectivity index (χ1v) is 9.53. The molecule has 0 amide bonds. The van der Waals surface area contributed by atoms with Gasteiger partial charge in [0.2, 0.25) is 0 Å². The van der Waals surface area contributed by atoms with Gasteiger partial charge in [-0.3, -0.25) is 9.79 Å². The van der Waals surface area contributed by atoms with Crippen LogP contribution in [-0.2, 0) is 4.57 Å². The van der Waals surface area contributed by atoms with Crippen LogP contribution in [-0.4, -0.2) is 9.79 Å². The van der Waals surface area contributed by atoms with Gasteiger partial charge in [0, 0.05) is 26.7 Å². The van der Waals surface area contributed by atoms with Crippen molar-refractivity contribution in [3.8, 4) is 28.0 Å². The second-order valence-corrected chi connectivity index (χ2v) is 7.20. The molecule has 0 heterocycles. The third kappa shape index (κ3) is 4.06. The Balaban J connectivity index is 2.33. The van der Waals surface area contributed by atoms with Crippen LogP contribution in [0.2, 0.25) is 10.0 Å². The summed E-state index contributed by atoms with van der Waals surface area (Å²) in [5.41, 5.74) is 2.41. The first-order chi connectivity index (χ1) is 11.9. The molecule has 0 saturated carbocycles. The van der Waals surface area contributed by atoms with Crippen molar-refractivity contribution in [1.29, 1.82) is 0 Å². The van der Waals surface area contributed by atoms with Gasteiger partial charge < -0.3 is 4.52 Å². The van der Waals surface area contributed by atoms with Crippen LogP contribution in [0.3, 0.4) is 0 Å². The topological polar surface area (TPSA) is 66.8 Å². The van der Waals surface area contributed by atoms with Gasteiger partial charge in [-0.05, 0) is 23.8 Å². The number of hydrogen-bond acceptors (Lipinski definition) is 2. The summed E-state index contributed by atoms with van der Waals surface area (Å²) in [6, 6.07) is 19.1. The van der Waals surface area contributed by atoms with Crippen LogP contribution in [0.25, 0.3) is 22.3 Å². The summed E-state index contributed by atoms with van der Waals surface area (Å²) in [6.07, 6.45) is 0. The average molecular weight is 395 g/mol. The molecule has 3 aromatic rings. The van der Waals surface area contributed by atoms with Gasteiger partial charge in [0.1, 0.15) is 5.75 Å². The molecule has 2 N–H and O–H groups in total. The summed E-state index contributed by atoms with van der Waals surface area (Å²) in [4.78, 5) is 18.5. The van der Waals surface area contributed by atoms with Crippen molar-refractivity contribution in [2.24, 2.45) is 0 Å². The van der Waals surface area contributed by atoms with Crippen LogP contribution in [0.15, 0.2) is 66.7 Å². The molecule has 0 atom stereocenters. The lowest BCUT2D eigenvalue weighted by molar-refractivity contribution is 0.283. The van der Waals surface area contributed by atoms with Crippen molar-refractivity contribution in [3.63, 3.8) is 0 Å². The van der Waals surface area contributed by atoms with Gasteiger partial charge in [-0.1, -0.05) is 71.7 Å². The minimum atomic E-state index is -4.75. The van der Waals surface area contributed by atoms with Gasteiger partial charge in [0.25, 0.3) is 0 Å². The quantitative estimate of drug-likeness (QED) is 0.548. The highest BCUT2D eigenvalue weighted by molar-refractivity contribution is 7.46. The molecular formula is C18H13Cl2O4P. The van der Waals surface area contributed by atoms with E-state index < -0.39 is 7.82 Å². The summed E-state index contributed by atoms with van der Waals surface area (Å²) >= 11 is 12.6. The number of phosphoric acid groups is 1. The van der Waals surface area contributed by atoms with Gasteiger partial charge in [-0.25, -0.2) is 4.57 Å². The molecule has 0 fully saturated rings. The minimum Gasteiger partial charge on any atom is -0.404 e. The molecule has 0 spiro atoms. The van der Waals surface area contributed by atoms with Crippen molar-refractivity contribution in [1.82, 2.24) is 0 Å². The first-order valence-electron chi connectivity index (χ1n) is 7.25. The predicted octanol–water partition coefficient (Wildman–Crippen LogP) is 5.80. The Labute approximate surface area is 154 Å².